The number of methoxy groups -OCH3 is 1. The standard InChI is InChI=1S/C4H6O3.C3H6O2.C2H6/c1-3(5)7-4(2)6;1-3(4)5-2;1-2/h1-2H3;1-2H3;1-2H3. The highest BCUT2D eigenvalue weighted by molar-refractivity contribution is 5.82. The van der Waals surface area contributed by atoms with E-state index in [2.05, 4.69) is 9.47 Å². The maximum absolute atomic E-state index is 9.81. The highest BCUT2D eigenvalue weighted by Crippen LogP contribution is 1.73. The van der Waals surface area contributed by atoms with Crippen LogP contribution < -0.4 is 0 Å². The van der Waals surface area contributed by atoms with Crippen molar-refractivity contribution in [1.82, 2.24) is 0 Å². The molecule has 0 aromatic rings. The predicted octanol–water partition coefficient (Wildman–Crippen LogP) is 1.30. The Bertz CT molecular complexity index is 162. The molecule has 0 saturated carbocycles. The molecule has 0 amide bonds. The highest BCUT2D eigenvalue weighted by atomic mass is 16.6. The van der Waals surface area contributed by atoms with Gasteiger partial charge in [-0.2, -0.15) is 0 Å². The van der Waals surface area contributed by atoms with Gasteiger partial charge in [-0.05, 0) is 0 Å². The summed E-state index contributed by atoms with van der Waals surface area (Å²) in [7, 11) is 1.35. The SMILES string of the molecule is CC.CC(=O)OC(C)=O.COC(C)=O. The molecule has 0 aromatic heterocycles. The number of ether oxygens (including phenoxy) is 2. The molecule has 5 nitrogen and oxygen atoms in total. The average molecular weight is 206 g/mol. The molecule has 0 spiro atoms. The van der Waals surface area contributed by atoms with E-state index in [9.17, 15) is 14.4 Å². The van der Waals surface area contributed by atoms with Crippen LogP contribution in [0.4, 0.5) is 0 Å². The molecule has 0 unspecified atom stereocenters. The maximum Gasteiger partial charge on any atom is 0.310 e. The summed E-state index contributed by atoms with van der Waals surface area (Å²) >= 11 is 0. The summed E-state index contributed by atoms with van der Waals surface area (Å²) < 4.78 is 8.08. The van der Waals surface area contributed by atoms with Crippen LogP contribution in [0.15, 0.2) is 0 Å². The van der Waals surface area contributed by atoms with Crippen molar-refractivity contribution in [2.45, 2.75) is 34.6 Å². The molecule has 0 aromatic carbocycles. The summed E-state index contributed by atoms with van der Waals surface area (Å²) in [6.07, 6.45) is 0. The Morgan fingerprint density at radius 1 is 0.786 bits per heavy atom. The molecule has 0 bridgehead atoms. The number of hydrogen-bond donors (Lipinski definition) is 0. The van der Waals surface area contributed by atoms with Crippen LogP contribution in [-0.4, -0.2) is 25.0 Å². The zero-order valence-corrected chi connectivity index (χ0v) is 9.54. The molecule has 0 saturated heterocycles. The number of carbonyl (C=O) groups is 3. The van der Waals surface area contributed by atoms with Gasteiger partial charge in [0.1, 0.15) is 0 Å². The first kappa shape index (κ1) is 18.4. The van der Waals surface area contributed by atoms with Crippen LogP contribution in [0.5, 0.6) is 0 Å². The second-order valence-electron chi connectivity index (χ2n) is 1.78. The van der Waals surface area contributed by atoms with Gasteiger partial charge in [0.25, 0.3) is 0 Å². The highest BCUT2D eigenvalue weighted by Gasteiger charge is 1.93. The third kappa shape index (κ3) is 46.1. The zero-order valence-electron chi connectivity index (χ0n) is 9.54. The monoisotopic (exact) mass is 206 g/mol. The van der Waals surface area contributed by atoms with Crippen LogP contribution >= 0.6 is 0 Å². The molecule has 0 rings (SSSR count). The van der Waals surface area contributed by atoms with Crippen LogP contribution in [0.3, 0.4) is 0 Å². The van der Waals surface area contributed by atoms with E-state index in [1.807, 2.05) is 13.8 Å². The first-order chi connectivity index (χ1) is 6.40. The maximum atomic E-state index is 9.81. The van der Waals surface area contributed by atoms with Gasteiger partial charge in [0.2, 0.25) is 0 Å². The van der Waals surface area contributed by atoms with E-state index in [0.29, 0.717) is 0 Å². The summed E-state index contributed by atoms with van der Waals surface area (Å²) in [6.45, 7) is 7.72. The van der Waals surface area contributed by atoms with E-state index < -0.39 is 11.9 Å². The molecular formula is C9H18O5. The van der Waals surface area contributed by atoms with Gasteiger partial charge < -0.3 is 9.47 Å². The Labute approximate surface area is 84.4 Å². The topological polar surface area (TPSA) is 69.7 Å². The second-order valence-corrected chi connectivity index (χ2v) is 1.78. The normalized spacial score (nSPS) is 6.71. The minimum Gasteiger partial charge on any atom is -0.469 e. The van der Waals surface area contributed by atoms with Gasteiger partial charge in [0.05, 0.1) is 7.11 Å². The lowest BCUT2D eigenvalue weighted by molar-refractivity contribution is -0.156. The van der Waals surface area contributed by atoms with Crippen LogP contribution in [0, 0.1) is 0 Å². The molecule has 0 aliphatic rings. The lowest BCUT2D eigenvalue weighted by atomic mass is 10.7. The van der Waals surface area contributed by atoms with Crippen molar-refractivity contribution in [3.05, 3.63) is 0 Å². The fourth-order valence-electron chi connectivity index (χ4n) is 0.202. The summed E-state index contributed by atoms with van der Waals surface area (Å²) in [4.78, 5) is 29.2. The molecule has 0 radical (unpaired) electrons. The Hall–Kier alpha value is -1.39. The minimum absolute atomic E-state index is 0.245. The number of hydrogen-bond acceptors (Lipinski definition) is 5. The molecule has 0 heterocycles. The van der Waals surface area contributed by atoms with Gasteiger partial charge in [-0.3, -0.25) is 14.4 Å². The largest absolute Gasteiger partial charge is 0.469 e. The number of carbonyl (C=O) groups excluding carboxylic acids is 3. The lowest BCUT2D eigenvalue weighted by Crippen LogP contribution is -2.03. The van der Waals surface area contributed by atoms with Crippen LogP contribution in [0.1, 0.15) is 34.6 Å². The number of esters is 3. The summed E-state index contributed by atoms with van der Waals surface area (Å²) in [6, 6.07) is 0. The molecule has 0 fully saturated rings. The van der Waals surface area contributed by atoms with Crippen molar-refractivity contribution in [3.63, 3.8) is 0 Å². The van der Waals surface area contributed by atoms with Crippen LogP contribution in [-0.2, 0) is 23.9 Å². The fourth-order valence-corrected chi connectivity index (χ4v) is 0.202. The van der Waals surface area contributed by atoms with Gasteiger partial charge in [-0.25, -0.2) is 0 Å². The van der Waals surface area contributed by atoms with Crippen molar-refractivity contribution < 1.29 is 23.9 Å². The second kappa shape index (κ2) is 14.2. The van der Waals surface area contributed by atoms with Crippen molar-refractivity contribution in [3.8, 4) is 0 Å². The van der Waals surface area contributed by atoms with E-state index in [0.717, 1.165) is 0 Å². The molecular weight excluding hydrogens is 188 g/mol. The van der Waals surface area contributed by atoms with E-state index in [-0.39, 0.29) is 5.97 Å². The van der Waals surface area contributed by atoms with Crippen molar-refractivity contribution >= 4 is 17.9 Å². The van der Waals surface area contributed by atoms with Crippen molar-refractivity contribution in [2.75, 3.05) is 7.11 Å². The molecule has 84 valence electrons. The third-order valence-electron chi connectivity index (χ3n) is 0.575. The molecule has 14 heavy (non-hydrogen) atoms. The van der Waals surface area contributed by atoms with E-state index in [1.165, 1.54) is 27.9 Å². The predicted molar refractivity (Wildman–Crippen MR) is 51.5 cm³/mol. The van der Waals surface area contributed by atoms with Crippen LogP contribution in [0.25, 0.3) is 0 Å². The average Bonchev–Trinajstić information content (AvgIpc) is 2.06. The molecule has 0 atom stereocenters. The van der Waals surface area contributed by atoms with Crippen LogP contribution in [0.2, 0.25) is 0 Å². The quantitative estimate of drug-likeness (QED) is 0.441. The molecule has 0 aliphatic heterocycles. The van der Waals surface area contributed by atoms with Crippen molar-refractivity contribution in [1.29, 1.82) is 0 Å². The molecule has 0 aliphatic carbocycles. The first-order valence-electron chi connectivity index (χ1n) is 4.13. The fraction of sp³-hybridized carbons (Fsp3) is 0.667. The van der Waals surface area contributed by atoms with E-state index >= 15 is 0 Å². The Balaban J connectivity index is -0.000000152. The van der Waals surface area contributed by atoms with E-state index in [4.69, 9.17) is 0 Å². The first-order valence-corrected chi connectivity index (χ1v) is 4.13. The van der Waals surface area contributed by atoms with E-state index in [1.54, 1.807) is 0 Å². The summed E-state index contributed by atoms with van der Waals surface area (Å²) in [5.74, 6) is -1.37. The van der Waals surface area contributed by atoms with Gasteiger partial charge >= 0.3 is 17.9 Å². The minimum atomic E-state index is -0.562. The van der Waals surface area contributed by atoms with Gasteiger partial charge in [0, 0.05) is 20.8 Å². The molecule has 5 heteroatoms. The third-order valence-corrected chi connectivity index (χ3v) is 0.575. The smallest absolute Gasteiger partial charge is 0.310 e. The Morgan fingerprint density at radius 3 is 1.00 bits per heavy atom. The Kier molecular flexibility index (Phi) is 18.6. The van der Waals surface area contributed by atoms with Gasteiger partial charge in [-0.1, -0.05) is 13.8 Å². The number of rotatable bonds is 0. The lowest BCUT2D eigenvalue weighted by Gasteiger charge is -1.87. The van der Waals surface area contributed by atoms with Gasteiger partial charge in [-0.15, -0.1) is 0 Å². The van der Waals surface area contributed by atoms with Crippen molar-refractivity contribution in [2.24, 2.45) is 0 Å². The summed E-state index contributed by atoms with van der Waals surface area (Å²) in [5.41, 5.74) is 0. The van der Waals surface area contributed by atoms with Gasteiger partial charge in [0.15, 0.2) is 0 Å². The summed E-state index contributed by atoms with van der Waals surface area (Å²) in [5, 5.41) is 0. The zero-order chi connectivity index (χ0) is 12.1. The Morgan fingerprint density at radius 2 is 1.00 bits per heavy atom. The molecule has 0 N–H and O–H groups in total.